The van der Waals surface area contributed by atoms with Crippen LogP contribution in [0.3, 0.4) is 0 Å². The van der Waals surface area contributed by atoms with Crippen LogP contribution in [0, 0.1) is 5.92 Å². The molecule has 126 valence electrons. The highest BCUT2D eigenvalue weighted by molar-refractivity contribution is 9.10. The summed E-state index contributed by atoms with van der Waals surface area (Å²) >= 11 is 9.53. The fourth-order valence-electron chi connectivity index (χ4n) is 3.10. The molecule has 0 aliphatic carbocycles. The number of carbonyl (C=O) groups excluding carboxylic acids is 1. The highest BCUT2D eigenvalue weighted by Crippen LogP contribution is 2.25. The summed E-state index contributed by atoms with van der Waals surface area (Å²) in [7, 11) is 0. The van der Waals surface area contributed by atoms with Crippen LogP contribution >= 0.6 is 27.5 Å². The van der Waals surface area contributed by atoms with Gasteiger partial charge in [0, 0.05) is 22.6 Å². The SMILES string of the molecule is O=C(Nc1ccccc1Br)C1CCCN(Cc2cccc(Cl)c2)C1. The van der Waals surface area contributed by atoms with E-state index in [9.17, 15) is 4.79 Å². The van der Waals surface area contributed by atoms with Gasteiger partial charge in [-0.1, -0.05) is 35.9 Å². The number of carbonyl (C=O) groups is 1. The van der Waals surface area contributed by atoms with Crippen molar-refractivity contribution in [3.63, 3.8) is 0 Å². The lowest BCUT2D eigenvalue weighted by Crippen LogP contribution is -2.40. The van der Waals surface area contributed by atoms with Gasteiger partial charge in [-0.2, -0.15) is 0 Å². The van der Waals surface area contributed by atoms with Gasteiger partial charge in [-0.3, -0.25) is 9.69 Å². The predicted molar refractivity (Wildman–Crippen MR) is 102 cm³/mol. The fraction of sp³-hybridized carbons (Fsp3) is 0.316. The molecule has 0 spiro atoms. The van der Waals surface area contributed by atoms with E-state index in [1.165, 1.54) is 5.56 Å². The number of para-hydroxylation sites is 1. The van der Waals surface area contributed by atoms with Crippen molar-refractivity contribution in [2.24, 2.45) is 5.92 Å². The van der Waals surface area contributed by atoms with Gasteiger partial charge in [0.25, 0.3) is 0 Å². The van der Waals surface area contributed by atoms with E-state index in [2.05, 4.69) is 32.2 Å². The number of nitrogens with zero attached hydrogens (tertiary/aromatic N) is 1. The van der Waals surface area contributed by atoms with Crippen molar-refractivity contribution < 1.29 is 4.79 Å². The molecule has 1 aliphatic heterocycles. The Balaban J connectivity index is 1.60. The summed E-state index contributed by atoms with van der Waals surface area (Å²) in [6.07, 6.45) is 1.97. The van der Waals surface area contributed by atoms with Crippen LogP contribution in [0.4, 0.5) is 5.69 Å². The molecule has 3 nitrogen and oxygen atoms in total. The normalized spacial score (nSPS) is 18.3. The van der Waals surface area contributed by atoms with E-state index >= 15 is 0 Å². The van der Waals surface area contributed by atoms with Gasteiger partial charge in [0.05, 0.1) is 11.6 Å². The van der Waals surface area contributed by atoms with Crippen LogP contribution in [0.25, 0.3) is 0 Å². The highest BCUT2D eigenvalue weighted by atomic mass is 79.9. The van der Waals surface area contributed by atoms with Crippen molar-refractivity contribution in [2.75, 3.05) is 18.4 Å². The monoisotopic (exact) mass is 406 g/mol. The molecule has 0 saturated carbocycles. The summed E-state index contributed by atoms with van der Waals surface area (Å²) in [4.78, 5) is 14.9. The third kappa shape index (κ3) is 4.59. The van der Waals surface area contributed by atoms with E-state index in [0.29, 0.717) is 0 Å². The summed E-state index contributed by atoms with van der Waals surface area (Å²) in [5.41, 5.74) is 2.02. The Bertz CT molecular complexity index is 722. The quantitative estimate of drug-likeness (QED) is 0.777. The van der Waals surface area contributed by atoms with Crippen LogP contribution in [0.5, 0.6) is 0 Å². The molecular formula is C19H20BrClN2O. The molecule has 5 heteroatoms. The average molecular weight is 408 g/mol. The first kappa shape index (κ1) is 17.5. The summed E-state index contributed by atoms with van der Waals surface area (Å²) < 4.78 is 0.907. The molecule has 1 atom stereocenters. The topological polar surface area (TPSA) is 32.3 Å². The second kappa shape index (κ2) is 8.15. The number of benzene rings is 2. The Morgan fingerprint density at radius 2 is 2.08 bits per heavy atom. The molecule has 1 saturated heterocycles. The number of anilines is 1. The highest BCUT2D eigenvalue weighted by Gasteiger charge is 2.26. The molecule has 24 heavy (non-hydrogen) atoms. The average Bonchev–Trinajstić information content (AvgIpc) is 2.57. The van der Waals surface area contributed by atoms with Crippen molar-refractivity contribution in [3.05, 3.63) is 63.6 Å². The van der Waals surface area contributed by atoms with Crippen LogP contribution in [0.1, 0.15) is 18.4 Å². The minimum Gasteiger partial charge on any atom is -0.325 e. The molecule has 3 rings (SSSR count). The van der Waals surface area contributed by atoms with Crippen LogP contribution in [-0.4, -0.2) is 23.9 Å². The predicted octanol–water partition coefficient (Wildman–Crippen LogP) is 4.95. The van der Waals surface area contributed by atoms with Crippen LogP contribution < -0.4 is 5.32 Å². The summed E-state index contributed by atoms with van der Waals surface area (Å²) in [5.74, 6) is 0.114. The Hall–Kier alpha value is -1.36. The first-order valence-corrected chi connectivity index (χ1v) is 9.31. The fourth-order valence-corrected chi connectivity index (χ4v) is 3.70. The summed E-state index contributed by atoms with van der Waals surface area (Å²) in [5, 5.41) is 3.80. The molecule has 0 aromatic heterocycles. The van der Waals surface area contributed by atoms with Gasteiger partial charge in [0.1, 0.15) is 0 Å². The number of hydrogen-bond acceptors (Lipinski definition) is 2. The maximum atomic E-state index is 12.6. The maximum Gasteiger partial charge on any atom is 0.228 e. The van der Waals surface area contributed by atoms with E-state index in [0.717, 1.165) is 47.7 Å². The van der Waals surface area contributed by atoms with Crippen molar-refractivity contribution in [1.29, 1.82) is 0 Å². The van der Waals surface area contributed by atoms with Gasteiger partial charge < -0.3 is 5.32 Å². The molecule has 1 aliphatic rings. The van der Waals surface area contributed by atoms with Gasteiger partial charge in [-0.25, -0.2) is 0 Å². The van der Waals surface area contributed by atoms with E-state index in [4.69, 9.17) is 11.6 Å². The van der Waals surface area contributed by atoms with E-state index in [1.54, 1.807) is 0 Å². The van der Waals surface area contributed by atoms with Gasteiger partial charge in [0.15, 0.2) is 0 Å². The molecule has 1 heterocycles. The first-order chi connectivity index (χ1) is 11.6. The smallest absolute Gasteiger partial charge is 0.228 e. The number of nitrogens with one attached hydrogen (secondary N) is 1. The minimum absolute atomic E-state index is 0.0186. The molecule has 1 N–H and O–H groups in total. The van der Waals surface area contributed by atoms with Crippen LogP contribution in [0.15, 0.2) is 53.0 Å². The number of halogens is 2. The Kier molecular flexibility index (Phi) is 5.93. The van der Waals surface area contributed by atoms with Gasteiger partial charge in [-0.15, -0.1) is 0 Å². The van der Waals surface area contributed by atoms with E-state index < -0.39 is 0 Å². The Morgan fingerprint density at radius 3 is 2.88 bits per heavy atom. The van der Waals surface area contributed by atoms with E-state index in [1.807, 2.05) is 42.5 Å². The third-order valence-electron chi connectivity index (χ3n) is 4.30. The zero-order valence-corrected chi connectivity index (χ0v) is 15.7. The van der Waals surface area contributed by atoms with Crippen molar-refractivity contribution in [2.45, 2.75) is 19.4 Å². The largest absolute Gasteiger partial charge is 0.325 e. The van der Waals surface area contributed by atoms with Gasteiger partial charge in [-0.05, 0) is 65.1 Å². The zero-order valence-electron chi connectivity index (χ0n) is 13.3. The lowest BCUT2D eigenvalue weighted by Gasteiger charge is -2.32. The summed E-state index contributed by atoms with van der Waals surface area (Å²) in [6.45, 7) is 2.63. The second-order valence-electron chi connectivity index (χ2n) is 6.17. The Morgan fingerprint density at radius 1 is 1.25 bits per heavy atom. The first-order valence-electron chi connectivity index (χ1n) is 8.14. The Labute approximate surface area is 156 Å². The van der Waals surface area contributed by atoms with Crippen molar-refractivity contribution in [1.82, 2.24) is 4.90 Å². The number of hydrogen-bond donors (Lipinski definition) is 1. The lowest BCUT2D eigenvalue weighted by molar-refractivity contribution is -0.121. The number of likely N-dealkylation sites (tertiary alicyclic amines) is 1. The molecule has 2 aromatic rings. The third-order valence-corrected chi connectivity index (χ3v) is 5.23. The molecule has 1 amide bonds. The van der Waals surface area contributed by atoms with E-state index in [-0.39, 0.29) is 11.8 Å². The second-order valence-corrected chi connectivity index (χ2v) is 7.46. The molecule has 1 unspecified atom stereocenters. The molecule has 0 radical (unpaired) electrons. The number of rotatable bonds is 4. The van der Waals surface area contributed by atoms with Crippen molar-refractivity contribution in [3.8, 4) is 0 Å². The molecule has 2 aromatic carbocycles. The van der Waals surface area contributed by atoms with Gasteiger partial charge >= 0.3 is 0 Å². The number of piperidine rings is 1. The molecule has 1 fully saturated rings. The van der Waals surface area contributed by atoms with Crippen LogP contribution in [0.2, 0.25) is 5.02 Å². The maximum absolute atomic E-state index is 12.6. The number of amides is 1. The zero-order chi connectivity index (χ0) is 16.9. The minimum atomic E-state index is 0.0186. The van der Waals surface area contributed by atoms with Crippen molar-refractivity contribution >= 4 is 39.1 Å². The molecular weight excluding hydrogens is 388 g/mol. The summed E-state index contributed by atoms with van der Waals surface area (Å²) in [6, 6.07) is 15.6. The van der Waals surface area contributed by atoms with Gasteiger partial charge in [0.2, 0.25) is 5.91 Å². The molecule has 0 bridgehead atoms. The van der Waals surface area contributed by atoms with Crippen LogP contribution in [-0.2, 0) is 11.3 Å². The lowest BCUT2D eigenvalue weighted by atomic mass is 9.96. The standard InChI is InChI=1S/C19H20BrClN2O/c20-17-8-1-2-9-18(17)22-19(24)15-6-4-10-23(13-15)12-14-5-3-7-16(21)11-14/h1-3,5,7-9,11,15H,4,6,10,12-13H2,(H,22,24).